The van der Waals surface area contributed by atoms with Crippen LogP contribution < -0.4 is 5.32 Å². The lowest BCUT2D eigenvalue weighted by Gasteiger charge is -2.34. The van der Waals surface area contributed by atoms with Crippen LogP contribution in [0.25, 0.3) is 0 Å². The van der Waals surface area contributed by atoms with Crippen molar-refractivity contribution in [3.63, 3.8) is 0 Å². The van der Waals surface area contributed by atoms with Gasteiger partial charge in [-0.1, -0.05) is 0 Å². The summed E-state index contributed by atoms with van der Waals surface area (Å²) in [5, 5.41) is 14.0. The second-order valence-corrected chi connectivity index (χ2v) is 6.02. The molecule has 0 amide bonds. The third kappa shape index (κ3) is 4.80. The number of hydrogen-bond donors (Lipinski definition) is 1. The van der Waals surface area contributed by atoms with E-state index in [1.807, 2.05) is 0 Å². The molecule has 0 bridgehead atoms. The molecule has 0 atom stereocenters. The molecule has 1 aromatic heterocycles. The Labute approximate surface area is 118 Å². The zero-order valence-corrected chi connectivity index (χ0v) is 12.5. The van der Waals surface area contributed by atoms with Crippen molar-refractivity contribution in [3.05, 3.63) is 10.0 Å². The second kappa shape index (κ2) is 7.89. The zero-order chi connectivity index (χ0) is 13.5. The van der Waals surface area contributed by atoms with Crippen LogP contribution in [0.15, 0.2) is 0 Å². The van der Waals surface area contributed by atoms with Gasteiger partial charge in [0.25, 0.3) is 0 Å². The monoisotopic (exact) mass is 285 g/mol. The molecule has 5 nitrogen and oxygen atoms in total. The fourth-order valence-corrected chi connectivity index (χ4v) is 3.20. The lowest BCUT2D eigenvalue weighted by atomic mass is 9.80. The topological polar surface area (TPSA) is 56.3 Å². The van der Waals surface area contributed by atoms with Crippen molar-refractivity contribution in [1.29, 1.82) is 0 Å². The number of aromatic nitrogens is 2. The normalized spacial score (nSPS) is 22.4. The Kier molecular flexibility index (Phi) is 6.16. The predicted octanol–water partition coefficient (Wildman–Crippen LogP) is 1.63. The van der Waals surface area contributed by atoms with Crippen molar-refractivity contribution < 1.29 is 9.47 Å². The molecule has 1 aliphatic rings. The van der Waals surface area contributed by atoms with Gasteiger partial charge in [-0.25, -0.2) is 0 Å². The first-order valence-electron chi connectivity index (χ1n) is 6.94. The summed E-state index contributed by atoms with van der Waals surface area (Å²) >= 11 is 1.72. The van der Waals surface area contributed by atoms with Gasteiger partial charge < -0.3 is 14.8 Å². The quantitative estimate of drug-likeness (QED) is 0.699. The van der Waals surface area contributed by atoms with Crippen LogP contribution >= 0.6 is 11.3 Å². The molecule has 0 spiro atoms. The van der Waals surface area contributed by atoms with Crippen LogP contribution in [0.5, 0.6) is 0 Å². The van der Waals surface area contributed by atoms with E-state index in [1.165, 1.54) is 12.8 Å². The van der Waals surface area contributed by atoms with E-state index < -0.39 is 0 Å². The van der Waals surface area contributed by atoms with E-state index in [1.54, 1.807) is 18.4 Å². The second-order valence-electron chi connectivity index (χ2n) is 4.88. The summed E-state index contributed by atoms with van der Waals surface area (Å²) in [5.41, 5.74) is 0. The third-order valence-electron chi connectivity index (χ3n) is 3.33. The molecule has 2 rings (SSSR count). The Balaban J connectivity index is 1.64. The van der Waals surface area contributed by atoms with E-state index in [0.717, 1.165) is 48.7 Å². The van der Waals surface area contributed by atoms with Crippen molar-refractivity contribution in [1.82, 2.24) is 15.5 Å². The SMILES string of the molecule is CCOC1CC(Cc2nnc(CNCCOC)s2)C1. The molecular formula is C13H23N3O2S. The van der Waals surface area contributed by atoms with Gasteiger partial charge in [0.1, 0.15) is 10.0 Å². The summed E-state index contributed by atoms with van der Waals surface area (Å²) in [6.45, 7) is 5.25. The molecule has 1 aliphatic carbocycles. The predicted molar refractivity (Wildman–Crippen MR) is 75.3 cm³/mol. The summed E-state index contributed by atoms with van der Waals surface area (Å²) in [4.78, 5) is 0. The van der Waals surface area contributed by atoms with E-state index in [0.29, 0.717) is 6.10 Å². The molecule has 0 unspecified atom stereocenters. The minimum Gasteiger partial charge on any atom is -0.383 e. The van der Waals surface area contributed by atoms with Crippen molar-refractivity contribution in [2.24, 2.45) is 5.92 Å². The molecule has 1 heterocycles. The van der Waals surface area contributed by atoms with Crippen LogP contribution in [0, 0.1) is 5.92 Å². The van der Waals surface area contributed by atoms with Gasteiger partial charge in [-0.05, 0) is 25.7 Å². The van der Waals surface area contributed by atoms with E-state index in [2.05, 4.69) is 22.4 Å². The first-order chi connectivity index (χ1) is 9.31. The van der Waals surface area contributed by atoms with Gasteiger partial charge in [0.15, 0.2) is 0 Å². The Morgan fingerprint density at radius 2 is 2.11 bits per heavy atom. The van der Waals surface area contributed by atoms with Crippen LogP contribution in [0.3, 0.4) is 0 Å². The van der Waals surface area contributed by atoms with Crippen molar-refractivity contribution in [2.75, 3.05) is 26.9 Å². The van der Waals surface area contributed by atoms with Crippen LogP contribution in [0.2, 0.25) is 0 Å². The number of nitrogens with one attached hydrogen (secondary N) is 1. The molecule has 19 heavy (non-hydrogen) atoms. The van der Waals surface area contributed by atoms with Gasteiger partial charge >= 0.3 is 0 Å². The highest BCUT2D eigenvalue weighted by Gasteiger charge is 2.30. The lowest BCUT2D eigenvalue weighted by Crippen LogP contribution is -2.32. The highest BCUT2D eigenvalue weighted by Crippen LogP contribution is 2.33. The Morgan fingerprint density at radius 1 is 1.32 bits per heavy atom. The molecular weight excluding hydrogens is 262 g/mol. The number of rotatable bonds is 9. The number of nitrogens with zero attached hydrogens (tertiary/aromatic N) is 2. The van der Waals surface area contributed by atoms with Gasteiger partial charge in [0.2, 0.25) is 0 Å². The van der Waals surface area contributed by atoms with Gasteiger partial charge in [-0.3, -0.25) is 0 Å². The molecule has 1 fully saturated rings. The molecule has 0 aliphatic heterocycles. The molecule has 108 valence electrons. The number of methoxy groups -OCH3 is 1. The average Bonchev–Trinajstić information content (AvgIpc) is 2.80. The van der Waals surface area contributed by atoms with E-state index in [-0.39, 0.29) is 0 Å². The number of ether oxygens (including phenoxy) is 2. The van der Waals surface area contributed by atoms with Crippen molar-refractivity contribution in [2.45, 2.75) is 38.8 Å². The molecule has 0 radical (unpaired) electrons. The highest BCUT2D eigenvalue weighted by atomic mass is 32.1. The molecule has 6 heteroatoms. The average molecular weight is 285 g/mol. The first kappa shape index (κ1) is 14.8. The summed E-state index contributed by atoms with van der Waals surface area (Å²) < 4.78 is 10.6. The van der Waals surface area contributed by atoms with E-state index in [9.17, 15) is 0 Å². The van der Waals surface area contributed by atoms with Crippen LogP contribution in [0.4, 0.5) is 0 Å². The maximum atomic E-state index is 5.57. The molecule has 1 N–H and O–H groups in total. The van der Waals surface area contributed by atoms with Gasteiger partial charge in [0.05, 0.1) is 12.7 Å². The Hall–Kier alpha value is -0.560. The summed E-state index contributed by atoms with van der Waals surface area (Å²) in [5.74, 6) is 0.735. The first-order valence-corrected chi connectivity index (χ1v) is 7.76. The fraction of sp³-hybridized carbons (Fsp3) is 0.846. The van der Waals surface area contributed by atoms with E-state index >= 15 is 0 Å². The maximum Gasteiger partial charge on any atom is 0.131 e. The standard InChI is InChI=1S/C13H23N3O2S/c1-3-18-11-6-10(7-11)8-12-15-16-13(19-12)9-14-4-5-17-2/h10-11,14H,3-9H2,1-2H3. The van der Waals surface area contributed by atoms with E-state index in [4.69, 9.17) is 9.47 Å². The minimum absolute atomic E-state index is 0.484. The highest BCUT2D eigenvalue weighted by molar-refractivity contribution is 7.11. The molecule has 0 saturated heterocycles. The number of hydrogen-bond acceptors (Lipinski definition) is 6. The lowest BCUT2D eigenvalue weighted by molar-refractivity contribution is -0.0240. The molecule has 0 aromatic carbocycles. The van der Waals surface area contributed by atoms with Gasteiger partial charge in [0, 0.05) is 33.2 Å². The minimum atomic E-state index is 0.484. The third-order valence-corrected chi connectivity index (χ3v) is 4.27. The van der Waals surface area contributed by atoms with Crippen LogP contribution in [-0.2, 0) is 22.4 Å². The fourth-order valence-electron chi connectivity index (χ4n) is 2.27. The van der Waals surface area contributed by atoms with Crippen LogP contribution in [-0.4, -0.2) is 43.2 Å². The smallest absolute Gasteiger partial charge is 0.131 e. The van der Waals surface area contributed by atoms with Crippen LogP contribution in [0.1, 0.15) is 29.8 Å². The van der Waals surface area contributed by atoms with Crippen molar-refractivity contribution in [3.8, 4) is 0 Å². The largest absolute Gasteiger partial charge is 0.383 e. The molecule has 1 aromatic rings. The molecule has 1 saturated carbocycles. The Bertz CT molecular complexity index is 367. The zero-order valence-electron chi connectivity index (χ0n) is 11.7. The summed E-state index contributed by atoms with van der Waals surface area (Å²) in [6.07, 6.45) is 3.89. The maximum absolute atomic E-state index is 5.57. The summed E-state index contributed by atoms with van der Waals surface area (Å²) in [6, 6.07) is 0. The van der Waals surface area contributed by atoms with Gasteiger partial charge in [-0.15, -0.1) is 21.5 Å². The Morgan fingerprint density at radius 3 is 2.84 bits per heavy atom. The van der Waals surface area contributed by atoms with Gasteiger partial charge in [-0.2, -0.15) is 0 Å². The van der Waals surface area contributed by atoms with Crippen molar-refractivity contribution >= 4 is 11.3 Å². The summed E-state index contributed by atoms with van der Waals surface area (Å²) in [7, 11) is 1.71.